The molecule has 0 bridgehead atoms. The first kappa shape index (κ1) is 13.8. The number of rotatable bonds is 5. The summed E-state index contributed by atoms with van der Waals surface area (Å²) in [6, 6.07) is 0. The van der Waals surface area contributed by atoms with Crippen LogP contribution in [0.2, 0.25) is 0 Å². The summed E-state index contributed by atoms with van der Waals surface area (Å²) in [5.74, 6) is 0.837. The van der Waals surface area contributed by atoms with Crippen LogP contribution >= 0.6 is 0 Å². The van der Waals surface area contributed by atoms with Gasteiger partial charge < -0.3 is 19.5 Å². The zero-order chi connectivity index (χ0) is 13.3. The lowest BCUT2D eigenvalue weighted by atomic mass is 9.88. The van der Waals surface area contributed by atoms with Crippen molar-refractivity contribution in [3.8, 4) is 0 Å². The van der Waals surface area contributed by atoms with Gasteiger partial charge in [-0.25, -0.2) is 0 Å². The van der Waals surface area contributed by atoms with E-state index in [1.807, 2.05) is 6.92 Å². The summed E-state index contributed by atoms with van der Waals surface area (Å²) >= 11 is 0. The second kappa shape index (κ2) is 5.68. The van der Waals surface area contributed by atoms with Crippen molar-refractivity contribution >= 4 is 0 Å². The average Bonchev–Trinajstić information content (AvgIpc) is 3.13. The van der Waals surface area contributed by atoms with E-state index in [2.05, 4.69) is 4.90 Å². The smallest absolute Gasteiger partial charge is 0.0836 e. The van der Waals surface area contributed by atoms with Crippen LogP contribution in [-0.2, 0) is 9.47 Å². The van der Waals surface area contributed by atoms with Crippen molar-refractivity contribution in [3.63, 3.8) is 0 Å². The number of aliphatic hydroxyl groups excluding tert-OH is 1. The molecule has 0 amide bonds. The molecule has 1 spiro atoms. The molecule has 0 unspecified atom stereocenters. The minimum absolute atomic E-state index is 0.0728. The molecular formula is C15H27NO3. The van der Waals surface area contributed by atoms with Gasteiger partial charge in [0, 0.05) is 32.7 Å². The highest BCUT2D eigenvalue weighted by molar-refractivity contribution is 4.94. The summed E-state index contributed by atoms with van der Waals surface area (Å²) in [5.41, 5.74) is 0.0728. The molecule has 3 aliphatic rings. The van der Waals surface area contributed by atoms with E-state index in [1.54, 1.807) is 0 Å². The van der Waals surface area contributed by atoms with Crippen molar-refractivity contribution < 1.29 is 14.6 Å². The lowest BCUT2D eigenvalue weighted by Gasteiger charge is -2.39. The molecule has 2 atom stereocenters. The monoisotopic (exact) mass is 269 g/mol. The second-order valence-corrected chi connectivity index (χ2v) is 6.75. The van der Waals surface area contributed by atoms with Crippen LogP contribution in [0.4, 0.5) is 0 Å². The fourth-order valence-electron chi connectivity index (χ4n) is 3.33. The van der Waals surface area contributed by atoms with Gasteiger partial charge in [0.1, 0.15) is 0 Å². The highest BCUT2D eigenvalue weighted by atomic mass is 16.6. The van der Waals surface area contributed by atoms with Crippen molar-refractivity contribution in [1.82, 2.24) is 4.90 Å². The molecule has 1 N–H and O–H groups in total. The lowest BCUT2D eigenvalue weighted by Crippen LogP contribution is -2.46. The minimum atomic E-state index is -0.229. The van der Waals surface area contributed by atoms with E-state index < -0.39 is 0 Å². The average molecular weight is 269 g/mol. The largest absolute Gasteiger partial charge is 0.392 e. The standard InChI is InChI=1S/C15H27NO3/c1-12(17)9-16-6-4-15(5-7-16)8-14(11-19-15)18-10-13-2-3-13/h12-14,17H,2-11H2,1H3/t12-,14-/m0/s1. The second-order valence-electron chi connectivity index (χ2n) is 6.75. The van der Waals surface area contributed by atoms with Crippen LogP contribution in [0.3, 0.4) is 0 Å². The van der Waals surface area contributed by atoms with E-state index in [4.69, 9.17) is 9.47 Å². The number of piperidine rings is 1. The number of likely N-dealkylation sites (tertiary alicyclic amines) is 1. The summed E-state index contributed by atoms with van der Waals surface area (Å²) in [7, 11) is 0. The van der Waals surface area contributed by atoms with E-state index in [1.165, 1.54) is 12.8 Å². The predicted octanol–water partition coefficient (Wildman–Crippen LogP) is 1.42. The van der Waals surface area contributed by atoms with Crippen LogP contribution in [0.15, 0.2) is 0 Å². The number of β-amino-alcohol motifs (C(OH)–C–C–N with tert-alkyl or cyclic N) is 1. The van der Waals surface area contributed by atoms with Gasteiger partial charge in [-0.1, -0.05) is 0 Å². The van der Waals surface area contributed by atoms with E-state index in [-0.39, 0.29) is 11.7 Å². The molecule has 3 fully saturated rings. The van der Waals surface area contributed by atoms with Crippen LogP contribution in [0.25, 0.3) is 0 Å². The summed E-state index contributed by atoms with van der Waals surface area (Å²) in [4.78, 5) is 2.34. The molecule has 0 aromatic rings. The molecule has 4 heteroatoms. The highest BCUT2D eigenvalue weighted by Crippen LogP contribution is 2.38. The Bertz CT molecular complexity index is 296. The first-order chi connectivity index (χ1) is 9.15. The normalized spacial score (nSPS) is 32.8. The summed E-state index contributed by atoms with van der Waals surface area (Å²) in [6.45, 7) is 6.46. The fourth-order valence-corrected chi connectivity index (χ4v) is 3.33. The van der Waals surface area contributed by atoms with Gasteiger partial charge in [-0.2, -0.15) is 0 Å². The van der Waals surface area contributed by atoms with Gasteiger partial charge in [0.2, 0.25) is 0 Å². The molecule has 0 aromatic heterocycles. The summed E-state index contributed by atoms with van der Waals surface area (Å²) in [6.07, 6.45) is 6.05. The molecule has 19 heavy (non-hydrogen) atoms. The van der Waals surface area contributed by atoms with Crippen LogP contribution in [0.5, 0.6) is 0 Å². The first-order valence-corrected chi connectivity index (χ1v) is 7.81. The van der Waals surface area contributed by atoms with E-state index in [0.717, 1.165) is 58.0 Å². The third kappa shape index (κ3) is 3.69. The Morgan fingerprint density at radius 2 is 2.11 bits per heavy atom. The zero-order valence-electron chi connectivity index (χ0n) is 12.0. The van der Waals surface area contributed by atoms with Gasteiger partial charge in [-0.15, -0.1) is 0 Å². The Kier molecular flexibility index (Phi) is 4.13. The molecule has 1 aliphatic carbocycles. The van der Waals surface area contributed by atoms with Crippen molar-refractivity contribution in [2.75, 3.05) is 32.8 Å². The van der Waals surface area contributed by atoms with Gasteiger partial charge in [-0.05, 0) is 38.5 Å². The van der Waals surface area contributed by atoms with Crippen LogP contribution in [0.1, 0.15) is 39.0 Å². The van der Waals surface area contributed by atoms with Crippen molar-refractivity contribution in [3.05, 3.63) is 0 Å². The van der Waals surface area contributed by atoms with Crippen molar-refractivity contribution in [2.24, 2.45) is 5.92 Å². The molecule has 2 heterocycles. The lowest BCUT2D eigenvalue weighted by molar-refractivity contribution is -0.0500. The SMILES string of the molecule is C[C@H](O)CN1CCC2(CC1)C[C@H](OCC1CC1)CO2. The van der Waals surface area contributed by atoms with Gasteiger partial charge >= 0.3 is 0 Å². The number of nitrogens with zero attached hydrogens (tertiary/aromatic N) is 1. The Labute approximate surface area is 116 Å². The van der Waals surface area contributed by atoms with Gasteiger partial charge in [-0.3, -0.25) is 0 Å². The van der Waals surface area contributed by atoms with Gasteiger partial charge in [0.25, 0.3) is 0 Å². The Hall–Kier alpha value is -0.160. The Morgan fingerprint density at radius 1 is 1.37 bits per heavy atom. The minimum Gasteiger partial charge on any atom is -0.392 e. The quantitative estimate of drug-likeness (QED) is 0.819. The van der Waals surface area contributed by atoms with Crippen molar-refractivity contribution in [1.29, 1.82) is 0 Å². The maximum atomic E-state index is 9.44. The molecular weight excluding hydrogens is 242 g/mol. The highest BCUT2D eigenvalue weighted by Gasteiger charge is 2.43. The summed E-state index contributed by atoms with van der Waals surface area (Å²) in [5, 5.41) is 9.44. The molecule has 110 valence electrons. The van der Waals surface area contributed by atoms with Crippen LogP contribution < -0.4 is 0 Å². The topological polar surface area (TPSA) is 41.9 Å². The third-order valence-corrected chi connectivity index (χ3v) is 4.73. The Balaban J connectivity index is 1.42. The number of hydrogen-bond acceptors (Lipinski definition) is 4. The molecule has 4 nitrogen and oxygen atoms in total. The maximum absolute atomic E-state index is 9.44. The van der Waals surface area contributed by atoms with Crippen LogP contribution in [-0.4, -0.2) is 60.7 Å². The molecule has 0 aromatic carbocycles. The predicted molar refractivity (Wildman–Crippen MR) is 73.1 cm³/mol. The van der Waals surface area contributed by atoms with Gasteiger partial charge in [0.15, 0.2) is 0 Å². The first-order valence-electron chi connectivity index (χ1n) is 7.81. The molecule has 3 rings (SSSR count). The molecule has 1 saturated carbocycles. The molecule has 2 saturated heterocycles. The summed E-state index contributed by atoms with van der Waals surface area (Å²) < 4.78 is 12.1. The molecule has 0 radical (unpaired) electrons. The fraction of sp³-hybridized carbons (Fsp3) is 1.00. The maximum Gasteiger partial charge on any atom is 0.0836 e. The van der Waals surface area contributed by atoms with E-state index >= 15 is 0 Å². The van der Waals surface area contributed by atoms with E-state index in [0.29, 0.717) is 6.10 Å². The van der Waals surface area contributed by atoms with Crippen LogP contribution in [0, 0.1) is 5.92 Å². The molecule has 2 aliphatic heterocycles. The van der Waals surface area contributed by atoms with Gasteiger partial charge in [0.05, 0.1) is 24.4 Å². The third-order valence-electron chi connectivity index (χ3n) is 4.73. The van der Waals surface area contributed by atoms with E-state index in [9.17, 15) is 5.11 Å². The van der Waals surface area contributed by atoms with Crippen molar-refractivity contribution in [2.45, 2.75) is 56.8 Å². The Morgan fingerprint density at radius 3 is 2.74 bits per heavy atom. The number of ether oxygens (including phenoxy) is 2. The number of hydrogen-bond donors (Lipinski definition) is 1. The number of aliphatic hydroxyl groups is 1. The zero-order valence-corrected chi connectivity index (χ0v) is 12.0.